The molecular weight excluding hydrogens is 256 g/mol. The normalized spacial score (nSPS) is 10.8. The monoisotopic (exact) mass is 276 g/mol. The minimum atomic E-state index is 0.719. The van der Waals surface area contributed by atoms with Gasteiger partial charge in [0.05, 0.1) is 12.3 Å². The van der Waals surface area contributed by atoms with Crippen LogP contribution < -0.4 is 11.1 Å². The van der Waals surface area contributed by atoms with Crippen molar-refractivity contribution in [2.24, 2.45) is 5.73 Å². The van der Waals surface area contributed by atoms with Crippen molar-refractivity contribution in [1.82, 2.24) is 5.32 Å². The number of hydrogen-bond donors (Lipinski definition) is 2. The summed E-state index contributed by atoms with van der Waals surface area (Å²) < 4.78 is 5.74. The van der Waals surface area contributed by atoms with Gasteiger partial charge >= 0.3 is 0 Å². The van der Waals surface area contributed by atoms with Gasteiger partial charge in [-0.15, -0.1) is 0 Å². The van der Waals surface area contributed by atoms with Crippen molar-refractivity contribution in [2.45, 2.75) is 18.8 Å². The van der Waals surface area contributed by atoms with E-state index in [1.54, 1.807) is 11.8 Å². The van der Waals surface area contributed by atoms with Crippen molar-refractivity contribution in [3.8, 4) is 0 Å². The number of furan rings is 1. The molecule has 0 aliphatic heterocycles. The highest BCUT2D eigenvalue weighted by molar-refractivity contribution is 7.98. The summed E-state index contributed by atoms with van der Waals surface area (Å²) in [5, 5.41) is 3.38. The number of thioether (sulfide) groups is 1. The summed E-state index contributed by atoms with van der Waals surface area (Å²) in [6, 6.07) is 14.4. The molecule has 0 saturated carbocycles. The van der Waals surface area contributed by atoms with Crippen molar-refractivity contribution < 1.29 is 4.42 Å². The molecule has 2 rings (SSSR count). The first-order chi connectivity index (χ1) is 9.38. The maximum atomic E-state index is 5.74. The molecular formula is C15H20N2OS. The minimum Gasteiger partial charge on any atom is -0.464 e. The van der Waals surface area contributed by atoms with Gasteiger partial charge in [0.2, 0.25) is 0 Å². The van der Waals surface area contributed by atoms with Crippen LogP contribution in [0, 0.1) is 0 Å². The van der Waals surface area contributed by atoms with Gasteiger partial charge in [-0.25, -0.2) is 0 Å². The molecule has 1 heterocycles. The zero-order valence-corrected chi connectivity index (χ0v) is 11.8. The second kappa shape index (κ2) is 8.04. The van der Waals surface area contributed by atoms with Gasteiger partial charge in [-0.3, -0.25) is 0 Å². The molecule has 0 bridgehead atoms. The predicted octanol–water partition coefficient (Wildman–Crippen LogP) is 2.76. The molecule has 0 aliphatic rings. The van der Waals surface area contributed by atoms with Crippen LogP contribution in [0.5, 0.6) is 0 Å². The minimum absolute atomic E-state index is 0.719. The number of nitrogens with two attached hydrogens (primary N) is 1. The van der Waals surface area contributed by atoms with Crippen LogP contribution in [0.1, 0.15) is 17.1 Å². The quantitative estimate of drug-likeness (QED) is 0.728. The van der Waals surface area contributed by atoms with Gasteiger partial charge in [0.1, 0.15) is 11.5 Å². The zero-order valence-electron chi connectivity index (χ0n) is 11.0. The highest BCUT2D eigenvalue weighted by Crippen LogP contribution is 2.15. The maximum Gasteiger partial charge on any atom is 0.118 e. The first-order valence-corrected chi connectivity index (χ1v) is 7.64. The van der Waals surface area contributed by atoms with Crippen LogP contribution >= 0.6 is 11.8 Å². The van der Waals surface area contributed by atoms with E-state index in [9.17, 15) is 0 Å². The van der Waals surface area contributed by atoms with Crippen molar-refractivity contribution in [1.29, 1.82) is 0 Å². The Kier molecular flexibility index (Phi) is 6.01. The largest absolute Gasteiger partial charge is 0.464 e. The van der Waals surface area contributed by atoms with E-state index in [1.807, 2.05) is 18.2 Å². The van der Waals surface area contributed by atoms with Crippen molar-refractivity contribution in [2.75, 3.05) is 12.3 Å². The lowest BCUT2D eigenvalue weighted by molar-refractivity contribution is 0.459. The molecule has 1 aromatic carbocycles. The van der Waals surface area contributed by atoms with Crippen LogP contribution in [0.25, 0.3) is 0 Å². The fourth-order valence-corrected chi connectivity index (χ4v) is 2.44. The van der Waals surface area contributed by atoms with E-state index >= 15 is 0 Å². The molecule has 0 atom stereocenters. The zero-order chi connectivity index (χ0) is 13.3. The molecule has 1 aromatic heterocycles. The van der Waals surface area contributed by atoms with Crippen LogP contribution in [-0.4, -0.2) is 12.3 Å². The van der Waals surface area contributed by atoms with E-state index < -0.39 is 0 Å². The average molecular weight is 276 g/mol. The highest BCUT2D eigenvalue weighted by Gasteiger charge is 2.02. The Bertz CT molecular complexity index is 470. The Morgan fingerprint density at radius 3 is 2.58 bits per heavy atom. The lowest BCUT2D eigenvalue weighted by Crippen LogP contribution is -2.11. The lowest BCUT2D eigenvalue weighted by atomic mass is 10.2. The van der Waals surface area contributed by atoms with Crippen LogP contribution in [0.3, 0.4) is 0 Å². The van der Waals surface area contributed by atoms with Crippen LogP contribution in [0.4, 0.5) is 0 Å². The summed E-state index contributed by atoms with van der Waals surface area (Å²) in [4.78, 5) is 0. The summed E-state index contributed by atoms with van der Waals surface area (Å²) in [5.74, 6) is 3.88. The van der Waals surface area contributed by atoms with Crippen LogP contribution in [0.15, 0.2) is 46.9 Å². The Labute approximate surface area is 118 Å². The Morgan fingerprint density at radius 2 is 1.79 bits per heavy atom. The highest BCUT2D eigenvalue weighted by atomic mass is 32.2. The molecule has 2 aromatic rings. The van der Waals surface area contributed by atoms with Crippen molar-refractivity contribution >= 4 is 11.8 Å². The molecule has 0 spiro atoms. The van der Waals surface area contributed by atoms with Gasteiger partial charge in [0.25, 0.3) is 0 Å². The summed E-state index contributed by atoms with van der Waals surface area (Å²) in [5.41, 5.74) is 6.74. The number of nitrogens with one attached hydrogen (secondary N) is 1. The van der Waals surface area contributed by atoms with E-state index in [0.717, 1.165) is 42.7 Å². The topological polar surface area (TPSA) is 51.2 Å². The smallest absolute Gasteiger partial charge is 0.118 e. The third kappa shape index (κ3) is 5.11. The second-order valence-corrected chi connectivity index (χ2v) is 5.40. The Morgan fingerprint density at radius 1 is 1.00 bits per heavy atom. The fourth-order valence-electron chi connectivity index (χ4n) is 1.78. The molecule has 3 N–H and O–H groups in total. The molecule has 3 nitrogen and oxygen atoms in total. The standard InChI is InChI=1S/C15H20N2OS/c16-8-9-19-12-15-7-6-14(18-15)11-17-10-13-4-2-1-3-5-13/h1-7,17H,8-12,16H2. The van der Waals surface area contributed by atoms with Crippen LogP contribution in [0.2, 0.25) is 0 Å². The van der Waals surface area contributed by atoms with E-state index in [4.69, 9.17) is 10.2 Å². The van der Waals surface area contributed by atoms with E-state index in [0.29, 0.717) is 0 Å². The summed E-state index contributed by atoms with van der Waals surface area (Å²) in [6.07, 6.45) is 0. The van der Waals surface area contributed by atoms with Crippen LogP contribution in [-0.2, 0) is 18.8 Å². The molecule has 4 heteroatoms. The van der Waals surface area contributed by atoms with Gasteiger partial charge < -0.3 is 15.5 Å². The number of hydrogen-bond acceptors (Lipinski definition) is 4. The average Bonchev–Trinajstić information content (AvgIpc) is 2.88. The SMILES string of the molecule is NCCSCc1ccc(CNCc2ccccc2)o1. The maximum absolute atomic E-state index is 5.74. The molecule has 0 amide bonds. The Hall–Kier alpha value is -1.23. The number of benzene rings is 1. The van der Waals surface area contributed by atoms with Gasteiger partial charge in [0.15, 0.2) is 0 Å². The van der Waals surface area contributed by atoms with Gasteiger partial charge in [0, 0.05) is 18.8 Å². The van der Waals surface area contributed by atoms with Gasteiger partial charge in [-0.2, -0.15) is 11.8 Å². The Balaban J connectivity index is 1.71. The molecule has 0 aliphatic carbocycles. The second-order valence-electron chi connectivity index (χ2n) is 4.30. The summed E-state index contributed by atoms with van der Waals surface area (Å²) >= 11 is 1.80. The fraction of sp³-hybridized carbons (Fsp3) is 0.333. The summed E-state index contributed by atoms with van der Waals surface area (Å²) in [6.45, 7) is 2.34. The van der Waals surface area contributed by atoms with E-state index in [-0.39, 0.29) is 0 Å². The molecule has 0 unspecified atom stereocenters. The van der Waals surface area contributed by atoms with E-state index in [1.165, 1.54) is 5.56 Å². The van der Waals surface area contributed by atoms with Crippen molar-refractivity contribution in [3.05, 3.63) is 59.5 Å². The van der Waals surface area contributed by atoms with Gasteiger partial charge in [-0.1, -0.05) is 30.3 Å². The molecule has 102 valence electrons. The summed E-state index contributed by atoms with van der Waals surface area (Å²) in [7, 11) is 0. The van der Waals surface area contributed by atoms with Crippen molar-refractivity contribution in [3.63, 3.8) is 0 Å². The molecule has 0 fully saturated rings. The first-order valence-electron chi connectivity index (χ1n) is 6.48. The third-order valence-corrected chi connectivity index (χ3v) is 3.71. The first kappa shape index (κ1) is 14.2. The molecule has 0 radical (unpaired) electrons. The lowest BCUT2D eigenvalue weighted by Gasteiger charge is -2.02. The molecule has 19 heavy (non-hydrogen) atoms. The molecule has 0 saturated heterocycles. The predicted molar refractivity (Wildman–Crippen MR) is 80.9 cm³/mol. The van der Waals surface area contributed by atoms with Gasteiger partial charge in [-0.05, 0) is 17.7 Å². The van der Waals surface area contributed by atoms with E-state index in [2.05, 4.69) is 29.6 Å². The number of rotatable bonds is 8. The third-order valence-electron chi connectivity index (χ3n) is 2.69.